The highest BCUT2D eigenvalue weighted by Crippen LogP contribution is 2.33. The van der Waals surface area contributed by atoms with Gasteiger partial charge in [0, 0.05) is 32.7 Å². The SMILES string of the molecule is COc1ccccc1C(=O)N1CCN(C[C@H](O)C2CC2)CC1. The molecule has 22 heavy (non-hydrogen) atoms. The van der Waals surface area contributed by atoms with Gasteiger partial charge in [0.1, 0.15) is 5.75 Å². The van der Waals surface area contributed by atoms with Gasteiger partial charge in [0.15, 0.2) is 0 Å². The van der Waals surface area contributed by atoms with E-state index in [1.54, 1.807) is 7.11 Å². The van der Waals surface area contributed by atoms with E-state index in [0.717, 1.165) is 32.5 Å². The standard InChI is InChI=1S/C17H24N2O3/c1-22-16-5-3-2-4-14(16)17(21)19-10-8-18(9-11-19)12-15(20)13-6-7-13/h2-5,13,15,20H,6-12H2,1H3/t15-/m0/s1. The first-order chi connectivity index (χ1) is 10.7. The molecule has 0 bridgehead atoms. The Labute approximate surface area is 131 Å². The Balaban J connectivity index is 1.55. The summed E-state index contributed by atoms with van der Waals surface area (Å²) in [6.07, 6.45) is 2.12. The van der Waals surface area contributed by atoms with Gasteiger partial charge >= 0.3 is 0 Å². The third-order valence-electron chi connectivity index (χ3n) is 4.61. The molecule has 5 heteroatoms. The minimum absolute atomic E-state index is 0.0276. The number of ether oxygens (including phenoxy) is 1. The van der Waals surface area contributed by atoms with E-state index in [0.29, 0.717) is 30.3 Å². The van der Waals surface area contributed by atoms with Crippen molar-refractivity contribution in [3.05, 3.63) is 29.8 Å². The topological polar surface area (TPSA) is 53.0 Å². The lowest BCUT2D eigenvalue weighted by Crippen LogP contribution is -2.50. The zero-order valence-electron chi connectivity index (χ0n) is 13.1. The lowest BCUT2D eigenvalue weighted by molar-refractivity contribution is 0.0486. The van der Waals surface area contributed by atoms with Gasteiger partial charge in [-0.15, -0.1) is 0 Å². The second-order valence-corrected chi connectivity index (χ2v) is 6.20. The maximum absolute atomic E-state index is 12.6. The van der Waals surface area contributed by atoms with Crippen molar-refractivity contribution in [2.24, 2.45) is 5.92 Å². The first-order valence-electron chi connectivity index (χ1n) is 8.01. The van der Waals surface area contributed by atoms with E-state index in [1.165, 1.54) is 0 Å². The summed E-state index contributed by atoms with van der Waals surface area (Å²) in [5.41, 5.74) is 0.622. The summed E-state index contributed by atoms with van der Waals surface area (Å²) < 4.78 is 5.27. The average Bonchev–Trinajstić information content (AvgIpc) is 3.40. The molecule has 0 unspecified atom stereocenters. The smallest absolute Gasteiger partial charge is 0.257 e. The molecule has 1 aliphatic heterocycles. The lowest BCUT2D eigenvalue weighted by atomic mass is 10.1. The van der Waals surface area contributed by atoms with E-state index in [2.05, 4.69) is 4.90 Å². The number of carbonyl (C=O) groups excluding carboxylic acids is 1. The van der Waals surface area contributed by atoms with Gasteiger partial charge in [-0.1, -0.05) is 12.1 Å². The molecule has 0 aromatic heterocycles. The number of methoxy groups -OCH3 is 1. The van der Waals surface area contributed by atoms with Gasteiger partial charge in [-0.2, -0.15) is 0 Å². The van der Waals surface area contributed by atoms with E-state index >= 15 is 0 Å². The van der Waals surface area contributed by atoms with Crippen LogP contribution in [0.1, 0.15) is 23.2 Å². The Morgan fingerprint density at radius 3 is 2.59 bits per heavy atom. The Bertz CT molecular complexity index is 522. The molecule has 2 aliphatic rings. The molecular weight excluding hydrogens is 280 g/mol. The first kappa shape index (κ1) is 15.3. The molecule has 0 radical (unpaired) electrons. The molecule has 1 saturated heterocycles. The van der Waals surface area contributed by atoms with E-state index in [9.17, 15) is 9.90 Å². The molecule has 1 aromatic rings. The number of hydrogen-bond acceptors (Lipinski definition) is 4. The molecule has 2 fully saturated rings. The summed E-state index contributed by atoms with van der Waals surface area (Å²) in [5.74, 6) is 1.16. The van der Waals surface area contributed by atoms with Crippen LogP contribution in [0, 0.1) is 5.92 Å². The van der Waals surface area contributed by atoms with Crippen LogP contribution < -0.4 is 4.74 Å². The number of rotatable bonds is 5. The molecule has 1 atom stereocenters. The van der Waals surface area contributed by atoms with Gasteiger partial charge in [0.25, 0.3) is 5.91 Å². The fourth-order valence-electron chi connectivity index (χ4n) is 3.02. The molecule has 1 N–H and O–H groups in total. The van der Waals surface area contributed by atoms with Gasteiger partial charge in [0.2, 0.25) is 0 Å². The van der Waals surface area contributed by atoms with Gasteiger partial charge in [-0.05, 0) is 30.9 Å². The highest BCUT2D eigenvalue weighted by Gasteiger charge is 2.32. The molecule has 5 nitrogen and oxygen atoms in total. The maximum Gasteiger partial charge on any atom is 0.257 e. The van der Waals surface area contributed by atoms with Crippen molar-refractivity contribution in [1.29, 1.82) is 0 Å². The lowest BCUT2D eigenvalue weighted by Gasteiger charge is -2.35. The molecule has 120 valence electrons. The Morgan fingerprint density at radius 1 is 1.27 bits per heavy atom. The number of aliphatic hydroxyl groups excluding tert-OH is 1. The summed E-state index contributed by atoms with van der Waals surface area (Å²) in [6.45, 7) is 3.79. The summed E-state index contributed by atoms with van der Waals surface area (Å²) in [5, 5.41) is 10.0. The number of piperazine rings is 1. The van der Waals surface area contributed by atoms with Crippen molar-refractivity contribution in [3.63, 3.8) is 0 Å². The monoisotopic (exact) mass is 304 g/mol. The highest BCUT2D eigenvalue weighted by molar-refractivity contribution is 5.97. The summed E-state index contributed by atoms with van der Waals surface area (Å²) in [4.78, 5) is 16.7. The largest absolute Gasteiger partial charge is 0.496 e. The Hall–Kier alpha value is -1.59. The summed E-state index contributed by atoms with van der Waals surface area (Å²) in [7, 11) is 1.59. The van der Waals surface area contributed by atoms with Gasteiger partial charge in [-0.3, -0.25) is 9.69 Å². The van der Waals surface area contributed by atoms with Crippen LogP contribution >= 0.6 is 0 Å². The zero-order chi connectivity index (χ0) is 15.5. The second kappa shape index (κ2) is 6.67. The Morgan fingerprint density at radius 2 is 1.95 bits per heavy atom. The second-order valence-electron chi connectivity index (χ2n) is 6.20. The van der Waals surface area contributed by atoms with Crippen LogP contribution in [0.2, 0.25) is 0 Å². The van der Waals surface area contributed by atoms with Crippen LogP contribution in [0.25, 0.3) is 0 Å². The van der Waals surface area contributed by atoms with Crippen molar-refractivity contribution in [1.82, 2.24) is 9.80 Å². The van der Waals surface area contributed by atoms with Crippen molar-refractivity contribution in [2.45, 2.75) is 18.9 Å². The van der Waals surface area contributed by atoms with Crippen LogP contribution in [0.4, 0.5) is 0 Å². The van der Waals surface area contributed by atoms with Gasteiger partial charge in [-0.25, -0.2) is 0 Å². The van der Waals surface area contributed by atoms with Crippen molar-refractivity contribution in [2.75, 3.05) is 39.8 Å². The molecule has 1 heterocycles. The molecular formula is C17H24N2O3. The quantitative estimate of drug-likeness (QED) is 0.889. The summed E-state index contributed by atoms with van der Waals surface area (Å²) >= 11 is 0. The number of carbonyl (C=O) groups is 1. The van der Waals surface area contributed by atoms with Gasteiger partial charge < -0.3 is 14.7 Å². The molecule has 3 rings (SSSR count). The van der Waals surface area contributed by atoms with E-state index in [1.807, 2.05) is 29.2 Å². The van der Waals surface area contributed by atoms with Crippen molar-refractivity contribution >= 4 is 5.91 Å². The molecule has 1 aliphatic carbocycles. The number of aliphatic hydroxyl groups is 1. The number of β-amino-alcohol motifs (C(OH)–C–C–N with tert-alkyl or cyclic N) is 1. The van der Waals surface area contributed by atoms with Crippen LogP contribution in [0.3, 0.4) is 0 Å². The predicted octanol–water partition coefficient (Wildman–Crippen LogP) is 1.22. The minimum Gasteiger partial charge on any atom is -0.496 e. The third kappa shape index (κ3) is 3.42. The Kier molecular flexibility index (Phi) is 4.64. The van der Waals surface area contributed by atoms with Crippen LogP contribution in [0.5, 0.6) is 5.75 Å². The van der Waals surface area contributed by atoms with Crippen molar-refractivity contribution < 1.29 is 14.6 Å². The number of benzene rings is 1. The third-order valence-corrected chi connectivity index (χ3v) is 4.61. The van der Waals surface area contributed by atoms with Crippen LogP contribution in [0.15, 0.2) is 24.3 Å². The first-order valence-corrected chi connectivity index (χ1v) is 8.01. The summed E-state index contributed by atoms with van der Waals surface area (Å²) in [6, 6.07) is 7.35. The predicted molar refractivity (Wildman–Crippen MR) is 84.1 cm³/mol. The van der Waals surface area contributed by atoms with Crippen LogP contribution in [-0.4, -0.2) is 66.8 Å². The normalized spacial score (nSPS) is 20.7. The number of nitrogens with zero attached hydrogens (tertiary/aromatic N) is 2. The number of amides is 1. The molecule has 0 spiro atoms. The number of hydrogen-bond donors (Lipinski definition) is 1. The van der Waals surface area contributed by atoms with E-state index in [4.69, 9.17) is 4.74 Å². The fraction of sp³-hybridized carbons (Fsp3) is 0.588. The van der Waals surface area contributed by atoms with Crippen molar-refractivity contribution in [3.8, 4) is 5.75 Å². The molecule has 1 saturated carbocycles. The maximum atomic E-state index is 12.6. The molecule has 1 aromatic carbocycles. The van der Waals surface area contributed by atoms with E-state index in [-0.39, 0.29) is 12.0 Å². The molecule has 1 amide bonds. The zero-order valence-corrected chi connectivity index (χ0v) is 13.1. The van der Waals surface area contributed by atoms with Gasteiger partial charge in [0.05, 0.1) is 18.8 Å². The van der Waals surface area contributed by atoms with Crippen LogP contribution in [-0.2, 0) is 0 Å². The fourth-order valence-corrected chi connectivity index (χ4v) is 3.02. The average molecular weight is 304 g/mol. The number of para-hydroxylation sites is 1. The van der Waals surface area contributed by atoms with E-state index < -0.39 is 0 Å². The highest BCUT2D eigenvalue weighted by atomic mass is 16.5. The minimum atomic E-state index is -0.198.